The molecule has 0 fully saturated rings. The lowest BCUT2D eigenvalue weighted by Crippen LogP contribution is -2.06. The molecule has 1 heterocycles. The number of aromatic nitrogens is 1. The maximum Gasteiger partial charge on any atom is 0.341 e. The van der Waals surface area contributed by atoms with Crippen LogP contribution in [-0.4, -0.2) is 26.1 Å². The van der Waals surface area contributed by atoms with Gasteiger partial charge in [-0.3, -0.25) is 15.1 Å². The summed E-state index contributed by atoms with van der Waals surface area (Å²) in [5.74, 6) is -2.29. The molecule has 0 saturated heterocycles. The molecule has 1 aromatic rings. The maximum absolute atomic E-state index is 10.7. The molecule has 0 aliphatic heterocycles. The van der Waals surface area contributed by atoms with Gasteiger partial charge in [-0.15, -0.1) is 0 Å². The predicted octanol–water partition coefficient (Wildman–Crippen LogP) is 1.01. The van der Waals surface area contributed by atoms with Crippen molar-refractivity contribution in [3.8, 4) is 5.75 Å². The van der Waals surface area contributed by atoms with Crippen LogP contribution in [0.5, 0.6) is 5.75 Å². The first kappa shape index (κ1) is 10.9. The Kier molecular flexibility index (Phi) is 2.56. The Bertz CT molecular complexity index is 417. The molecule has 0 unspecified atom stereocenters. The van der Waals surface area contributed by atoms with E-state index in [0.29, 0.717) is 0 Å². The van der Waals surface area contributed by atoms with Crippen LogP contribution >= 0.6 is 0 Å². The molecule has 0 aromatic carbocycles. The van der Waals surface area contributed by atoms with Crippen molar-refractivity contribution in [2.75, 3.05) is 0 Å². The third-order valence-corrected chi connectivity index (χ3v) is 1.90. The quantitative estimate of drug-likeness (QED) is 0.558. The number of aryl methyl sites for hydroxylation is 2. The van der Waals surface area contributed by atoms with Crippen molar-refractivity contribution in [3.63, 3.8) is 0 Å². The van der Waals surface area contributed by atoms with Gasteiger partial charge in [0.25, 0.3) is 0 Å². The van der Waals surface area contributed by atoms with Crippen molar-refractivity contribution in [2.45, 2.75) is 13.8 Å². The molecule has 0 aliphatic rings. The summed E-state index contributed by atoms with van der Waals surface area (Å²) in [6.45, 7) is 2.69. The van der Waals surface area contributed by atoms with Crippen LogP contribution in [0.25, 0.3) is 0 Å². The summed E-state index contributed by atoms with van der Waals surface area (Å²) in [6.07, 6.45) is 0. The molecule has 7 nitrogen and oxygen atoms in total. The van der Waals surface area contributed by atoms with Crippen molar-refractivity contribution in [2.24, 2.45) is 0 Å². The molecule has 0 saturated carbocycles. The first-order valence-corrected chi connectivity index (χ1v) is 3.94. The minimum Gasteiger partial charge on any atom is -0.501 e. The summed E-state index contributed by atoms with van der Waals surface area (Å²) in [5, 5.41) is 28.7. The minimum absolute atomic E-state index is 0.0139. The number of hydrogen-bond donors (Lipinski definition) is 2. The monoisotopic (exact) mass is 212 g/mol. The highest BCUT2D eigenvalue weighted by atomic mass is 16.6. The van der Waals surface area contributed by atoms with Crippen molar-refractivity contribution in [3.05, 3.63) is 27.1 Å². The summed E-state index contributed by atoms with van der Waals surface area (Å²) >= 11 is 0. The van der Waals surface area contributed by atoms with Crippen LogP contribution in [0.3, 0.4) is 0 Å². The van der Waals surface area contributed by atoms with Gasteiger partial charge < -0.3 is 10.2 Å². The highest BCUT2D eigenvalue weighted by molar-refractivity contribution is 5.93. The Balaban J connectivity index is 3.64. The Morgan fingerprint density at radius 1 is 1.40 bits per heavy atom. The van der Waals surface area contributed by atoms with Crippen LogP contribution < -0.4 is 0 Å². The Morgan fingerprint density at radius 2 is 1.93 bits per heavy atom. The number of aromatic hydroxyl groups is 1. The van der Waals surface area contributed by atoms with Gasteiger partial charge in [-0.05, 0) is 13.8 Å². The number of carbonyl (C=O) groups is 1. The standard InChI is InChI=1S/C8H8N2O5/c1-3-5(8(12)13)7(11)6(10(14)15)4(2)9-3/h1-2H3,(H,9,11)(H,12,13). The zero-order valence-electron chi connectivity index (χ0n) is 8.01. The number of pyridine rings is 1. The summed E-state index contributed by atoms with van der Waals surface area (Å²) in [7, 11) is 0. The summed E-state index contributed by atoms with van der Waals surface area (Å²) < 4.78 is 0. The molecule has 0 radical (unpaired) electrons. The number of carboxylic acids is 1. The number of aromatic carboxylic acids is 1. The molecule has 1 rings (SSSR count). The van der Waals surface area contributed by atoms with E-state index in [1.165, 1.54) is 13.8 Å². The van der Waals surface area contributed by atoms with E-state index >= 15 is 0 Å². The summed E-state index contributed by atoms with van der Waals surface area (Å²) in [6, 6.07) is 0. The van der Waals surface area contributed by atoms with Crippen LogP contribution in [0.4, 0.5) is 5.69 Å². The number of carboxylic acid groups (broad SMARTS) is 1. The number of hydrogen-bond acceptors (Lipinski definition) is 5. The molecule has 0 atom stereocenters. The average Bonchev–Trinajstić information content (AvgIpc) is 1.99. The van der Waals surface area contributed by atoms with E-state index in [2.05, 4.69) is 4.98 Å². The second-order valence-corrected chi connectivity index (χ2v) is 2.92. The summed E-state index contributed by atoms with van der Waals surface area (Å²) in [5.41, 5.74) is -1.17. The molecule has 0 bridgehead atoms. The fourth-order valence-corrected chi connectivity index (χ4v) is 1.30. The van der Waals surface area contributed by atoms with Crippen LogP contribution in [0, 0.1) is 24.0 Å². The third-order valence-electron chi connectivity index (χ3n) is 1.90. The van der Waals surface area contributed by atoms with Crippen molar-refractivity contribution in [1.29, 1.82) is 0 Å². The second-order valence-electron chi connectivity index (χ2n) is 2.92. The highest BCUT2D eigenvalue weighted by Gasteiger charge is 2.27. The Labute approximate surface area is 84.1 Å². The molecule has 0 spiro atoms. The van der Waals surface area contributed by atoms with Gasteiger partial charge in [0.2, 0.25) is 5.75 Å². The van der Waals surface area contributed by atoms with Gasteiger partial charge in [0.15, 0.2) is 0 Å². The largest absolute Gasteiger partial charge is 0.501 e. The van der Waals surface area contributed by atoms with E-state index < -0.39 is 27.9 Å². The molecular weight excluding hydrogens is 204 g/mol. The van der Waals surface area contributed by atoms with Gasteiger partial charge in [-0.1, -0.05) is 0 Å². The van der Waals surface area contributed by atoms with Gasteiger partial charge in [-0.2, -0.15) is 0 Å². The lowest BCUT2D eigenvalue weighted by Gasteiger charge is -2.05. The summed E-state index contributed by atoms with van der Waals surface area (Å²) in [4.78, 5) is 24.1. The first-order chi connectivity index (χ1) is 6.86. The molecule has 80 valence electrons. The normalized spacial score (nSPS) is 10.0. The Hall–Kier alpha value is -2.18. The number of nitro groups is 1. The second kappa shape index (κ2) is 3.52. The van der Waals surface area contributed by atoms with Crippen molar-refractivity contribution in [1.82, 2.24) is 4.98 Å². The molecule has 7 heteroatoms. The zero-order chi connectivity index (χ0) is 11.7. The fourth-order valence-electron chi connectivity index (χ4n) is 1.30. The average molecular weight is 212 g/mol. The third kappa shape index (κ3) is 1.71. The molecule has 2 N–H and O–H groups in total. The van der Waals surface area contributed by atoms with Crippen LogP contribution in [0.15, 0.2) is 0 Å². The van der Waals surface area contributed by atoms with E-state index in [1.54, 1.807) is 0 Å². The predicted molar refractivity (Wildman–Crippen MR) is 49.0 cm³/mol. The minimum atomic E-state index is -1.44. The van der Waals surface area contributed by atoms with Crippen LogP contribution in [0.1, 0.15) is 21.7 Å². The van der Waals surface area contributed by atoms with E-state index in [9.17, 15) is 20.0 Å². The van der Waals surface area contributed by atoms with E-state index in [-0.39, 0.29) is 11.4 Å². The SMILES string of the molecule is Cc1nc(C)c([N+](=O)[O-])c(O)c1C(=O)O. The molecule has 0 amide bonds. The topological polar surface area (TPSA) is 114 Å². The van der Waals surface area contributed by atoms with Gasteiger partial charge in [0.1, 0.15) is 11.3 Å². The van der Waals surface area contributed by atoms with Gasteiger partial charge >= 0.3 is 11.7 Å². The zero-order valence-corrected chi connectivity index (χ0v) is 8.01. The van der Waals surface area contributed by atoms with Gasteiger partial charge in [0, 0.05) is 0 Å². The first-order valence-electron chi connectivity index (χ1n) is 3.94. The van der Waals surface area contributed by atoms with Gasteiger partial charge in [-0.25, -0.2) is 4.79 Å². The van der Waals surface area contributed by atoms with E-state index in [0.717, 1.165) is 0 Å². The lowest BCUT2D eigenvalue weighted by molar-refractivity contribution is -0.386. The van der Waals surface area contributed by atoms with Crippen molar-refractivity contribution >= 4 is 11.7 Å². The van der Waals surface area contributed by atoms with E-state index in [1.807, 2.05) is 0 Å². The van der Waals surface area contributed by atoms with Gasteiger partial charge in [0.05, 0.1) is 10.6 Å². The van der Waals surface area contributed by atoms with Crippen LogP contribution in [0.2, 0.25) is 0 Å². The van der Waals surface area contributed by atoms with E-state index in [4.69, 9.17) is 5.11 Å². The lowest BCUT2D eigenvalue weighted by atomic mass is 10.1. The smallest absolute Gasteiger partial charge is 0.341 e. The van der Waals surface area contributed by atoms with Crippen molar-refractivity contribution < 1.29 is 19.9 Å². The molecular formula is C8H8N2O5. The maximum atomic E-state index is 10.7. The molecule has 1 aromatic heterocycles. The van der Waals surface area contributed by atoms with Crippen LogP contribution in [-0.2, 0) is 0 Å². The fraction of sp³-hybridized carbons (Fsp3) is 0.250. The molecule has 0 aliphatic carbocycles. The number of rotatable bonds is 2. The molecule has 15 heavy (non-hydrogen) atoms. The Morgan fingerprint density at radius 3 is 2.33 bits per heavy atom. The highest BCUT2D eigenvalue weighted by Crippen LogP contribution is 2.33. The number of nitrogens with zero attached hydrogens (tertiary/aromatic N) is 2.